The normalized spacial score (nSPS) is 12.1. The molecule has 1 heterocycles. The first-order valence-electron chi connectivity index (χ1n) is 9.59. The molecule has 0 atom stereocenters. The van der Waals surface area contributed by atoms with E-state index in [9.17, 15) is 18.7 Å². The molecular weight excluding hydrogens is 398 g/mol. The number of carboxylic acids is 1. The Bertz CT molecular complexity index is 865. The number of carbonyl (C=O) groups is 1. The number of benzene rings is 1. The lowest BCUT2D eigenvalue weighted by molar-refractivity contribution is 0.0696. The van der Waals surface area contributed by atoms with Gasteiger partial charge in [0, 0.05) is 21.2 Å². The molecule has 2 rings (SSSR count). The van der Waals surface area contributed by atoms with Gasteiger partial charge in [-0.25, -0.2) is 18.6 Å². The van der Waals surface area contributed by atoms with Crippen molar-refractivity contribution in [3.05, 3.63) is 23.3 Å². The zero-order chi connectivity index (χ0) is 21.8. The number of nitrogens with one attached hydrogen (secondary N) is 1. The minimum absolute atomic E-state index is 0.00233. The number of aromatic nitrogens is 2. The Morgan fingerprint density at radius 1 is 1.34 bits per heavy atom. The van der Waals surface area contributed by atoms with Crippen LogP contribution in [0.4, 0.5) is 14.7 Å². The van der Waals surface area contributed by atoms with E-state index in [1.807, 2.05) is 19.0 Å². The molecule has 29 heavy (non-hydrogen) atoms. The highest BCUT2D eigenvalue weighted by Gasteiger charge is 2.24. The van der Waals surface area contributed by atoms with Crippen LogP contribution < -0.4 is 5.32 Å². The summed E-state index contributed by atoms with van der Waals surface area (Å²) in [5.41, 5.74) is -0.646. The fourth-order valence-corrected chi connectivity index (χ4v) is 3.56. The number of imidazole rings is 1. The van der Waals surface area contributed by atoms with Crippen molar-refractivity contribution in [3.8, 4) is 0 Å². The van der Waals surface area contributed by atoms with Crippen molar-refractivity contribution in [2.24, 2.45) is 0 Å². The summed E-state index contributed by atoms with van der Waals surface area (Å²) in [7, 11) is 2.61. The Labute approximate surface area is 170 Å². The van der Waals surface area contributed by atoms with Gasteiger partial charge in [0.1, 0.15) is 12.2 Å². The summed E-state index contributed by atoms with van der Waals surface area (Å²) in [5.74, 6) is -3.49. The van der Waals surface area contributed by atoms with E-state index in [0.29, 0.717) is 19.2 Å². The SMILES string of the molecule is CN(C)CCCNc1nc2c(F)c(F)cc(C(=O)O)c2n1COCC[Si](C)(C)C. The molecule has 0 saturated carbocycles. The molecule has 0 radical (unpaired) electrons. The molecule has 7 nitrogen and oxygen atoms in total. The topological polar surface area (TPSA) is 79.6 Å². The molecule has 0 aliphatic heterocycles. The lowest BCUT2D eigenvalue weighted by Crippen LogP contribution is -2.22. The minimum Gasteiger partial charge on any atom is -0.478 e. The van der Waals surface area contributed by atoms with Gasteiger partial charge < -0.3 is 20.1 Å². The third-order valence-corrected chi connectivity index (χ3v) is 6.13. The van der Waals surface area contributed by atoms with Crippen LogP contribution in [0, 0.1) is 11.6 Å². The van der Waals surface area contributed by atoms with E-state index in [-0.39, 0.29) is 29.3 Å². The van der Waals surface area contributed by atoms with Crippen molar-refractivity contribution >= 4 is 31.0 Å². The molecule has 0 bridgehead atoms. The van der Waals surface area contributed by atoms with Gasteiger partial charge in [0.05, 0.1) is 11.1 Å². The fourth-order valence-electron chi connectivity index (χ4n) is 2.80. The number of fused-ring (bicyclic) bond motifs is 1. The summed E-state index contributed by atoms with van der Waals surface area (Å²) >= 11 is 0. The average molecular weight is 429 g/mol. The average Bonchev–Trinajstić information content (AvgIpc) is 2.96. The highest BCUT2D eigenvalue weighted by molar-refractivity contribution is 6.76. The Kier molecular flexibility index (Phi) is 7.72. The van der Waals surface area contributed by atoms with Crippen molar-refractivity contribution in [3.63, 3.8) is 0 Å². The second kappa shape index (κ2) is 9.64. The third kappa shape index (κ3) is 6.22. The zero-order valence-corrected chi connectivity index (χ0v) is 18.7. The van der Waals surface area contributed by atoms with Crippen LogP contribution in [-0.2, 0) is 11.5 Å². The Morgan fingerprint density at radius 3 is 2.62 bits per heavy atom. The molecular formula is C19H30F2N4O3Si. The standard InChI is InChI=1S/C19H30F2N4O3Si/c1-24(2)8-6-7-22-19-23-16-15(21)14(20)11-13(18(26)27)17(16)25(19)12-28-9-10-29(3,4)5/h11H,6-10,12H2,1-5H3,(H,22,23)(H,26,27). The second-order valence-electron chi connectivity index (χ2n) is 8.52. The summed E-state index contributed by atoms with van der Waals surface area (Å²) in [4.78, 5) is 17.8. The molecule has 1 aromatic carbocycles. The molecule has 10 heteroatoms. The molecule has 2 aromatic rings. The number of aromatic carboxylic acids is 1. The van der Waals surface area contributed by atoms with Crippen LogP contribution in [0.3, 0.4) is 0 Å². The predicted octanol–water partition coefficient (Wildman–Crippen LogP) is 3.69. The first-order chi connectivity index (χ1) is 13.5. The highest BCUT2D eigenvalue weighted by atomic mass is 28.3. The smallest absolute Gasteiger partial charge is 0.338 e. The number of anilines is 1. The summed E-state index contributed by atoms with van der Waals surface area (Å²) in [6.07, 6.45) is 0.801. The number of halogens is 2. The largest absolute Gasteiger partial charge is 0.478 e. The molecule has 1 aromatic heterocycles. The van der Waals surface area contributed by atoms with Gasteiger partial charge in [-0.1, -0.05) is 19.6 Å². The van der Waals surface area contributed by atoms with E-state index < -0.39 is 25.7 Å². The van der Waals surface area contributed by atoms with Gasteiger partial charge in [-0.05, 0) is 39.2 Å². The van der Waals surface area contributed by atoms with Crippen molar-refractivity contribution in [2.45, 2.75) is 38.8 Å². The second-order valence-corrected chi connectivity index (χ2v) is 14.1. The predicted molar refractivity (Wildman–Crippen MR) is 112 cm³/mol. The monoisotopic (exact) mass is 428 g/mol. The lowest BCUT2D eigenvalue weighted by atomic mass is 10.1. The van der Waals surface area contributed by atoms with Crippen LogP contribution >= 0.6 is 0 Å². The van der Waals surface area contributed by atoms with Crippen LogP contribution in [-0.4, -0.2) is 67.4 Å². The van der Waals surface area contributed by atoms with Gasteiger partial charge in [-0.15, -0.1) is 0 Å². The molecule has 0 aliphatic carbocycles. The maximum Gasteiger partial charge on any atom is 0.338 e. The summed E-state index contributed by atoms with van der Waals surface area (Å²) in [5, 5.41) is 12.6. The lowest BCUT2D eigenvalue weighted by Gasteiger charge is -2.17. The van der Waals surface area contributed by atoms with Crippen molar-refractivity contribution in [2.75, 3.05) is 39.1 Å². The van der Waals surface area contributed by atoms with Crippen molar-refractivity contribution < 1.29 is 23.4 Å². The van der Waals surface area contributed by atoms with Crippen molar-refractivity contribution in [1.29, 1.82) is 0 Å². The molecule has 0 fully saturated rings. The molecule has 0 unspecified atom stereocenters. The Hall–Kier alpha value is -2.04. The summed E-state index contributed by atoms with van der Waals surface area (Å²) < 4.78 is 35.5. The van der Waals surface area contributed by atoms with Gasteiger partial charge in [0.25, 0.3) is 0 Å². The molecule has 0 aliphatic rings. The summed E-state index contributed by atoms with van der Waals surface area (Å²) in [6.45, 7) is 8.56. The maximum absolute atomic E-state index is 14.4. The number of nitrogens with zero attached hydrogens (tertiary/aromatic N) is 3. The van der Waals surface area contributed by atoms with E-state index >= 15 is 0 Å². The van der Waals surface area contributed by atoms with Crippen LogP contribution in [0.15, 0.2) is 6.07 Å². The number of hydrogen-bond donors (Lipinski definition) is 2. The fraction of sp³-hybridized carbons (Fsp3) is 0.579. The van der Waals surface area contributed by atoms with Crippen molar-refractivity contribution in [1.82, 2.24) is 14.5 Å². The van der Waals surface area contributed by atoms with E-state index in [1.54, 1.807) is 0 Å². The van der Waals surface area contributed by atoms with E-state index in [1.165, 1.54) is 4.57 Å². The molecule has 0 amide bonds. The summed E-state index contributed by atoms with van der Waals surface area (Å²) in [6, 6.07) is 1.62. The van der Waals surface area contributed by atoms with E-state index in [2.05, 4.69) is 29.9 Å². The highest BCUT2D eigenvalue weighted by Crippen LogP contribution is 2.28. The quantitative estimate of drug-likeness (QED) is 0.420. The Balaban J connectivity index is 2.37. The maximum atomic E-state index is 14.4. The van der Waals surface area contributed by atoms with Crippen LogP contribution in [0.2, 0.25) is 25.7 Å². The minimum atomic E-state index is -1.35. The Morgan fingerprint density at radius 2 is 2.03 bits per heavy atom. The third-order valence-electron chi connectivity index (χ3n) is 4.42. The first-order valence-corrected chi connectivity index (χ1v) is 13.3. The number of rotatable bonds is 11. The first kappa shape index (κ1) is 23.2. The van der Waals surface area contributed by atoms with Crippen LogP contribution in [0.5, 0.6) is 0 Å². The van der Waals surface area contributed by atoms with Gasteiger partial charge in [-0.3, -0.25) is 4.57 Å². The van der Waals surface area contributed by atoms with Gasteiger partial charge in [-0.2, -0.15) is 0 Å². The molecule has 0 spiro atoms. The number of carboxylic acid groups (broad SMARTS) is 1. The van der Waals surface area contributed by atoms with Gasteiger partial charge in [0.2, 0.25) is 5.95 Å². The van der Waals surface area contributed by atoms with E-state index in [4.69, 9.17) is 4.74 Å². The molecule has 2 N–H and O–H groups in total. The molecule has 162 valence electrons. The van der Waals surface area contributed by atoms with Crippen LogP contribution in [0.1, 0.15) is 16.8 Å². The van der Waals surface area contributed by atoms with Gasteiger partial charge >= 0.3 is 5.97 Å². The number of ether oxygens (including phenoxy) is 1. The van der Waals surface area contributed by atoms with Crippen LogP contribution in [0.25, 0.3) is 11.0 Å². The van der Waals surface area contributed by atoms with Gasteiger partial charge in [0.15, 0.2) is 11.6 Å². The number of hydrogen-bond acceptors (Lipinski definition) is 5. The zero-order valence-electron chi connectivity index (χ0n) is 17.7. The molecule has 0 saturated heterocycles. The van der Waals surface area contributed by atoms with E-state index in [0.717, 1.165) is 19.0 Å².